The fraction of sp³-hybridized carbons (Fsp3) is 1.00. The monoisotopic (exact) mass is 112 g/mol. The van der Waals surface area contributed by atoms with E-state index in [2.05, 4.69) is 0 Å². The highest BCUT2D eigenvalue weighted by atomic mass is 16.3. The average Bonchev–Trinajstić information content (AvgIpc) is 2.49. The van der Waals surface area contributed by atoms with Crippen LogP contribution in [0.1, 0.15) is 32.1 Å². The minimum atomic E-state index is -0.166. The maximum atomic E-state index is 9.34. The van der Waals surface area contributed by atoms with Gasteiger partial charge in [0.2, 0.25) is 0 Å². The van der Waals surface area contributed by atoms with Crippen LogP contribution in [0.3, 0.4) is 0 Å². The molecule has 0 unspecified atom stereocenters. The third kappa shape index (κ3) is 0.873. The second-order valence-electron chi connectivity index (χ2n) is 3.37. The second-order valence-corrected chi connectivity index (χ2v) is 3.37. The van der Waals surface area contributed by atoms with Crippen LogP contribution in [-0.2, 0) is 0 Å². The molecule has 0 amide bonds. The zero-order valence-corrected chi connectivity index (χ0v) is 5.06. The van der Waals surface area contributed by atoms with Crippen LogP contribution in [0.2, 0.25) is 0 Å². The summed E-state index contributed by atoms with van der Waals surface area (Å²) in [4.78, 5) is 0. The molecule has 46 valence electrons. The molecule has 0 aromatic rings. The van der Waals surface area contributed by atoms with Crippen LogP contribution >= 0.6 is 0 Å². The smallest absolute Gasteiger partial charge is 0.0652 e. The quantitative estimate of drug-likeness (QED) is 0.571. The minimum absolute atomic E-state index is 0.166. The summed E-state index contributed by atoms with van der Waals surface area (Å²) >= 11 is 0. The van der Waals surface area contributed by atoms with Crippen LogP contribution in [0.25, 0.3) is 0 Å². The Morgan fingerprint density at radius 2 is 2.00 bits per heavy atom. The number of rotatable bonds is 2. The summed E-state index contributed by atoms with van der Waals surface area (Å²) in [5.41, 5.74) is -0.166. The molecule has 0 aromatic heterocycles. The molecule has 0 saturated heterocycles. The van der Waals surface area contributed by atoms with Crippen LogP contribution in [0, 0.1) is 5.92 Å². The molecule has 0 aliphatic heterocycles. The van der Waals surface area contributed by atoms with Crippen LogP contribution < -0.4 is 0 Å². The second kappa shape index (κ2) is 1.27. The highest BCUT2D eigenvalue weighted by molar-refractivity contribution is 4.97. The molecule has 1 N–H and O–H groups in total. The van der Waals surface area contributed by atoms with Gasteiger partial charge in [-0.3, -0.25) is 0 Å². The van der Waals surface area contributed by atoms with Gasteiger partial charge in [0.15, 0.2) is 0 Å². The van der Waals surface area contributed by atoms with Gasteiger partial charge >= 0.3 is 0 Å². The molecule has 0 radical (unpaired) electrons. The van der Waals surface area contributed by atoms with Crippen molar-refractivity contribution < 1.29 is 5.11 Å². The minimum Gasteiger partial charge on any atom is -0.390 e. The molecular formula is C7H12O. The van der Waals surface area contributed by atoms with Gasteiger partial charge in [0.1, 0.15) is 0 Å². The molecule has 2 saturated carbocycles. The highest BCUT2D eigenvalue weighted by Crippen LogP contribution is 2.47. The summed E-state index contributed by atoms with van der Waals surface area (Å²) in [7, 11) is 0. The first-order chi connectivity index (χ1) is 3.79. The molecule has 2 aliphatic carbocycles. The molecule has 2 fully saturated rings. The zero-order valence-electron chi connectivity index (χ0n) is 5.06. The van der Waals surface area contributed by atoms with Gasteiger partial charge in [-0.15, -0.1) is 0 Å². The first-order valence-corrected chi connectivity index (χ1v) is 3.51. The van der Waals surface area contributed by atoms with E-state index in [0.29, 0.717) is 0 Å². The lowest BCUT2D eigenvalue weighted by molar-refractivity contribution is 0.133. The number of hydrogen-bond donors (Lipinski definition) is 1. The van der Waals surface area contributed by atoms with Gasteiger partial charge in [0.05, 0.1) is 5.60 Å². The van der Waals surface area contributed by atoms with Gasteiger partial charge in [-0.05, 0) is 25.2 Å². The van der Waals surface area contributed by atoms with E-state index in [1.165, 1.54) is 12.8 Å². The molecule has 0 spiro atoms. The summed E-state index contributed by atoms with van der Waals surface area (Å²) in [5, 5.41) is 9.34. The lowest BCUT2D eigenvalue weighted by Gasteiger charge is -2.02. The fourth-order valence-corrected chi connectivity index (χ4v) is 1.21. The molecule has 0 aromatic carbocycles. The summed E-state index contributed by atoms with van der Waals surface area (Å²) in [6.07, 6.45) is 6.00. The third-order valence-corrected chi connectivity index (χ3v) is 2.19. The molecule has 0 atom stereocenters. The molecule has 8 heavy (non-hydrogen) atoms. The van der Waals surface area contributed by atoms with E-state index >= 15 is 0 Å². The van der Waals surface area contributed by atoms with Crippen LogP contribution in [0.5, 0.6) is 0 Å². The van der Waals surface area contributed by atoms with Crippen molar-refractivity contribution in [3.05, 3.63) is 0 Å². The van der Waals surface area contributed by atoms with Gasteiger partial charge in [-0.25, -0.2) is 0 Å². The van der Waals surface area contributed by atoms with Gasteiger partial charge < -0.3 is 5.11 Å². The third-order valence-electron chi connectivity index (χ3n) is 2.19. The van der Waals surface area contributed by atoms with E-state index in [1.807, 2.05) is 0 Å². The Morgan fingerprint density at radius 1 is 1.38 bits per heavy atom. The van der Waals surface area contributed by atoms with E-state index in [1.54, 1.807) is 0 Å². The summed E-state index contributed by atoms with van der Waals surface area (Å²) in [6, 6.07) is 0. The Hall–Kier alpha value is -0.0400. The predicted octanol–water partition coefficient (Wildman–Crippen LogP) is 1.31. The van der Waals surface area contributed by atoms with Crippen molar-refractivity contribution in [1.82, 2.24) is 0 Å². The zero-order chi connectivity index (χ0) is 5.61. The Kier molecular flexibility index (Phi) is 0.762. The largest absolute Gasteiger partial charge is 0.390 e. The molecule has 1 nitrogen and oxygen atoms in total. The highest BCUT2D eigenvalue weighted by Gasteiger charge is 2.44. The molecular weight excluding hydrogens is 100 g/mol. The van der Waals surface area contributed by atoms with Gasteiger partial charge in [0.25, 0.3) is 0 Å². The SMILES string of the molecule is OC1(CC2CC2)CC1. The summed E-state index contributed by atoms with van der Waals surface area (Å²) in [6.45, 7) is 0. The van der Waals surface area contributed by atoms with Crippen molar-refractivity contribution in [3.8, 4) is 0 Å². The Morgan fingerprint density at radius 3 is 2.38 bits per heavy atom. The van der Waals surface area contributed by atoms with Crippen molar-refractivity contribution in [1.29, 1.82) is 0 Å². The van der Waals surface area contributed by atoms with Crippen molar-refractivity contribution in [2.45, 2.75) is 37.7 Å². The van der Waals surface area contributed by atoms with Crippen LogP contribution in [-0.4, -0.2) is 10.7 Å². The van der Waals surface area contributed by atoms with Crippen LogP contribution in [0.15, 0.2) is 0 Å². The first kappa shape index (κ1) is 4.80. The van der Waals surface area contributed by atoms with Crippen LogP contribution in [0.4, 0.5) is 0 Å². The topological polar surface area (TPSA) is 20.2 Å². The maximum Gasteiger partial charge on any atom is 0.0652 e. The predicted molar refractivity (Wildman–Crippen MR) is 31.5 cm³/mol. The lowest BCUT2D eigenvalue weighted by atomic mass is 10.1. The standard InChI is InChI=1S/C7H12O/c8-7(3-4-7)5-6-1-2-6/h6,8H,1-5H2. The van der Waals surface area contributed by atoms with Crippen molar-refractivity contribution >= 4 is 0 Å². The van der Waals surface area contributed by atoms with Gasteiger partial charge in [-0.1, -0.05) is 12.8 Å². The van der Waals surface area contributed by atoms with E-state index in [9.17, 15) is 5.11 Å². The van der Waals surface area contributed by atoms with Crippen molar-refractivity contribution in [2.24, 2.45) is 5.92 Å². The van der Waals surface area contributed by atoms with E-state index in [0.717, 1.165) is 25.2 Å². The number of hydrogen-bond acceptors (Lipinski definition) is 1. The van der Waals surface area contributed by atoms with Crippen molar-refractivity contribution in [2.75, 3.05) is 0 Å². The molecule has 1 heteroatoms. The van der Waals surface area contributed by atoms with E-state index < -0.39 is 0 Å². The Balaban J connectivity index is 1.81. The lowest BCUT2D eigenvalue weighted by Crippen LogP contribution is -2.06. The van der Waals surface area contributed by atoms with E-state index in [4.69, 9.17) is 0 Å². The number of aliphatic hydroxyl groups is 1. The normalized spacial score (nSPS) is 32.6. The molecule has 0 heterocycles. The van der Waals surface area contributed by atoms with Gasteiger partial charge in [0, 0.05) is 0 Å². The van der Waals surface area contributed by atoms with Crippen molar-refractivity contribution in [3.63, 3.8) is 0 Å². The summed E-state index contributed by atoms with van der Waals surface area (Å²) < 4.78 is 0. The average molecular weight is 112 g/mol. The Bertz CT molecular complexity index is 101. The fourth-order valence-electron chi connectivity index (χ4n) is 1.21. The van der Waals surface area contributed by atoms with E-state index in [-0.39, 0.29) is 5.60 Å². The maximum absolute atomic E-state index is 9.34. The van der Waals surface area contributed by atoms with Gasteiger partial charge in [-0.2, -0.15) is 0 Å². The first-order valence-electron chi connectivity index (χ1n) is 3.51. The summed E-state index contributed by atoms with van der Waals surface area (Å²) in [5.74, 6) is 0.905. The molecule has 0 bridgehead atoms. The Labute approximate surface area is 49.7 Å². The molecule has 2 aliphatic rings. The molecule has 2 rings (SSSR count).